The highest BCUT2D eigenvalue weighted by molar-refractivity contribution is 6.30. The van der Waals surface area contributed by atoms with Crippen LogP contribution in [0.4, 0.5) is 10.5 Å². The average molecular weight is 485 g/mol. The van der Waals surface area contributed by atoms with Gasteiger partial charge in [-0.2, -0.15) is 0 Å². The van der Waals surface area contributed by atoms with Crippen LogP contribution in [0.5, 0.6) is 0 Å². The van der Waals surface area contributed by atoms with E-state index in [2.05, 4.69) is 21.2 Å². The lowest BCUT2D eigenvalue weighted by molar-refractivity contribution is -0.125. The lowest BCUT2D eigenvalue weighted by Crippen LogP contribution is -2.48. The molecular weight excluding hydrogens is 452 g/mol. The highest BCUT2D eigenvalue weighted by Crippen LogP contribution is 2.21. The summed E-state index contributed by atoms with van der Waals surface area (Å²) in [4.78, 5) is 31.6. The second-order valence-corrected chi connectivity index (χ2v) is 9.28. The molecule has 1 atom stereocenters. The molecule has 0 radical (unpaired) electrons. The SMILES string of the molecule is O=C(NCCCN1CCN(c2cccc(Cl)c2)CC1)[C@H]1CCCN1C(=O)OCc1ccccc1. The second kappa shape index (κ2) is 12.1. The molecule has 0 unspecified atom stereocenters. The molecule has 34 heavy (non-hydrogen) atoms. The van der Waals surface area contributed by atoms with Crippen molar-refractivity contribution < 1.29 is 14.3 Å². The summed E-state index contributed by atoms with van der Waals surface area (Å²) in [5.41, 5.74) is 2.10. The van der Waals surface area contributed by atoms with E-state index in [-0.39, 0.29) is 12.5 Å². The Balaban J connectivity index is 1.14. The molecule has 2 aliphatic heterocycles. The van der Waals surface area contributed by atoms with E-state index in [1.165, 1.54) is 5.69 Å². The number of benzene rings is 2. The summed E-state index contributed by atoms with van der Waals surface area (Å²) in [6, 6.07) is 17.1. The Hall–Kier alpha value is -2.77. The van der Waals surface area contributed by atoms with Crippen LogP contribution < -0.4 is 10.2 Å². The minimum absolute atomic E-state index is 0.0834. The molecule has 7 nitrogen and oxygen atoms in total. The summed E-state index contributed by atoms with van der Waals surface area (Å²) in [6.07, 6.45) is 1.96. The Labute approximate surface area is 206 Å². The first kappa shape index (κ1) is 24.4. The molecule has 2 aromatic carbocycles. The lowest BCUT2D eigenvalue weighted by Gasteiger charge is -2.36. The van der Waals surface area contributed by atoms with Gasteiger partial charge in [-0.1, -0.05) is 48.0 Å². The van der Waals surface area contributed by atoms with Crippen molar-refractivity contribution in [2.45, 2.75) is 31.9 Å². The molecule has 2 heterocycles. The van der Waals surface area contributed by atoms with E-state index in [0.29, 0.717) is 19.5 Å². The molecule has 182 valence electrons. The number of nitrogens with one attached hydrogen (secondary N) is 1. The van der Waals surface area contributed by atoms with Crippen molar-refractivity contribution in [3.8, 4) is 0 Å². The molecule has 2 fully saturated rings. The minimum atomic E-state index is -0.440. The molecule has 4 rings (SSSR count). The molecule has 0 spiro atoms. The van der Waals surface area contributed by atoms with Crippen molar-refractivity contribution >= 4 is 29.3 Å². The number of likely N-dealkylation sites (tertiary alicyclic amines) is 1. The average Bonchev–Trinajstić information content (AvgIpc) is 3.36. The van der Waals surface area contributed by atoms with Crippen LogP contribution in [0.1, 0.15) is 24.8 Å². The molecule has 0 bridgehead atoms. The summed E-state index contributed by atoms with van der Waals surface area (Å²) < 4.78 is 5.43. The third-order valence-corrected chi connectivity index (χ3v) is 6.73. The van der Waals surface area contributed by atoms with Gasteiger partial charge in [-0.15, -0.1) is 0 Å². The van der Waals surface area contributed by atoms with Crippen LogP contribution in [0.2, 0.25) is 5.02 Å². The van der Waals surface area contributed by atoms with Gasteiger partial charge in [0.15, 0.2) is 0 Å². The third kappa shape index (κ3) is 6.64. The predicted octanol–water partition coefficient (Wildman–Crippen LogP) is 3.77. The summed E-state index contributed by atoms with van der Waals surface area (Å²) in [6.45, 7) is 6.24. The molecule has 2 amide bonds. The molecule has 0 aromatic heterocycles. The maximum Gasteiger partial charge on any atom is 0.410 e. The molecule has 0 saturated carbocycles. The number of ether oxygens (including phenoxy) is 1. The number of hydrogen-bond donors (Lipinski definition) is 1. The zero-order chi connectivity index (χ0) is 23.8. The zero-order valence-corrected chi connectivity index (χ0v) is 20.3. The van der Waals surface area contributed by atoms with Crippen LogP contribution in [0, 0.1) is 0 Å². The van der Waals surface area contributed by atoms with E-state index in [1.54, 1.807) is 4.90 Å². The summed E-state index contributed by atoms with van der Waals surface area (Å²) >= 11 is 6.12. The topological polar surface area (TPSA) is 65.1 Å². The van der Waals surface area contributed by atoms with Crippen LogP contribution in [0.25, 0.3) is 0 Å². The van der Waals surface area contributed by atoms with Gasteiger partial charge in [-0.05, 0) is 49.6 Å². The number of carbonyl (C=O) groups is 2. The van der Waals surface area contributed by atoms with Gasteiger partial charge in [0, 0.05) is 50.0 Å². The van der Waals surface area contributed by atoms with Crippen molar-refractivity contribution in [2.75, 3.05) is 50.7 Å². The molecule has 1 N–H and O–H groups in total. The van der Waals surface area contributed by atoms with E-state index in [0.717, 1.165) is 56.2 Å². The largest absolute Gasteiger partial charge is 0.445 e. The lowest BCUT2D eigenvalue weighted by atomic mass is 10.2. The van der Waals surface area contributed by atoms with Crippen LogP contribution in [0.15, 0.2) is 54.6 Å². The Morgan fingerprint density at radius 2 is 1.79 bits per heavy atom. The van der Waals surface area contributed by atoms with Gasteiger partial charge in [0.05, 0.1) is 0 Å². The van der Waals surface area contributed by atoms with Crippen molar-refractivity contribution in [2.24, 2.45) is 0 Å². The number of rotatable bonds is 8. The predicted molar refractivity (Wildman–Crippen MR) is 134 cm³/mol. The number of carbonyl (C=O) groups excluding carboxylic acids is 2. The highest BCUT2D eigenvalue weighted by Gasteiger charge is 2.35. The van der Waals surface area contributed by atoms with Crippen molar-refractivity contribution in [3.05, 3.63) is 65.2 Å². The summed E-state index contributed by atoms with van der Waals surface area (Å²) in [7, 11) is 0. The number of piperazine rings is 1. The van der Waals surface area contributed by atoms with Gasteiger partial charge in [0.25, 0.3) is 0 Å². The summed E-state index contributed by atoms with van der Waals surface area (Å²) in [5.74, 6) is -0.0834. The molecular formula is C26H33ClN4O3. The fourth-order valence-electron chi connectivity index (χ4n) is 4.59. The quantitative estimate of drug-likeness (QED) is 0.578. The van der Waals surface area contributed by atoms with Gasteiger partial charge in [0.2, 0.25) is 5.91 Å². The maximum atomic E-state index is 12.7. The number of halogens is 1. The monoisotopic (exact) mass is 484 g/mol. The van der Waals surface area contributed by atoms with Gasteiger partial charge in [-0.3, -0.25) is 14.6 Å². The van der Waals surface area contributed by atoms with Crippen LogP contribution in [0.3, 0.4) is 0 Å². The number of nitrogens with zero attached hydrogens (tertiary/aromatic N) is 3. The fourth-order valence-corrected chi connectivity index (χ4v) is 4.78. The van der Waals surface area contributed by atoms with Gasteiger partial charge < -0.3 is 15.0 Å². The molecule has 2 saturated heterocycles. The van der Waals surface area contributed by atoms with E-state index in [1.807, 2.05) is 48.5 Å². The van der Waals surface area contributed by atoms with E-state index >= 15 is 0 Å². The van der Waals surface area contributed by atoms with Gasteiger partial charge in [0.1, 0.15) is 12.6 Å². The second-order valence-electron chi connectivity index (χ2n) is 8.84. The van der Waals surface area contributed by atoms with E-state index in [4.69, 9.17) is 16.3 Å². The standard InChI is InChI=1S/C26H33ClN4O3/c27-22-9-4-10-23(19-22)30-17-15-29(16-18-30)13-6-12-28-25(32)24-11-5-14-31(24)26(33)34-20-21-7-2-1-3-8-21/h1-4,7-10,19,24H,5-6,11-18,20H2,(H,28,32)/t24-/m1/s1. The highest BCUT2D eigenvalue weighted by atomic mass is 35.5. The molecule has 0 aliphatic carbocycles. The van der Waals surface area contributed by atoms with Crippen LogP contribution in [-0.4, -0.2) is 73.7 Å². The normalized spacial score (nSPS) is 18.7. The van der Waals surface area contributed by atoms with Gasteiger partial charge in [-0.25, -0.2) is 4.79 Å². The van der Waals surface area contributed by atoms with E-state index < -0.39 is 12.1 Å². The first-order chi connectivity index (χ1) is 16.6. The van der Waals surface area contributed by atoms with Crippen LogP contribution >= 0.6 is 11.6 Å². The molecule has 8 heteroatoms. The third-order valence-electron chi connectivity index (χ3n) is 6.49. The molecule has 2 aliphatic rings. The fraction of sp³-hybridized carbons (Fsp3) is 0.462. The first-order valence-corrected chi connectivity index (χ1v) is 12.5. The Morgan fingerprint density at radius 1 is 1.00 bits per heavy atom. The first-order valence-electron chi connectivity index (χ1n) is 12.1. The summed E-state index contributed by atoms with van der Waals surface area (Å²) in [5, 5.41) is 3.79. The smallest absolute Gasteiger partial charge is 0.410 e. The van der Waals surface area contributed by atoms with Crippen LogP contribution in [-0.2, 0) is 16.1 Å². The van der Waals surface area contributed by atoms with Crippen molar-refractivity contribution in [1.29, 1.82) is 0 Å². The number of anilines is 1. The van der Waals surface area contributed by atoms with Crippen molar-refractivity contribution in [1.82, 2.24) is 15.1 Å². The molecule has 2 aromatic rings. The maximum absolute atomic E-state index is 12.7. The Bertz CT molecular complexity index is 950. The van der Waals surface area contributed by atoms with Crippen molar-refractivity contribution in [3.63, 3.8) is 0 Å². The Kier molecular flexibility index (Phi) is 8.66. The number of amides is 2. The zero-order valence-electron chi connectivity index (χ0n) is 19.5. The number of hydrogen-bond acceptors (Lipinski definition) is 5. The van der Waals surface area contributed by atoms with Gasteiger partial charge >= 0.3 is 6.09 Å². The minimum Gasteiger partial charge on any atom is -0.445 e. The Morgan fingerprint density at radius 3 is 2.56 bits per heavy atom. The van der Waals surface area contributed by atoms with E-state index in [9.17, 15) is 9.59 Å².